The fraction of sp³-hybridized carbons (Fsp3) is 0.0833. The Balaban J connectivity index is 2.66. The molecule has 7 heteroatoms. The van der Waals surface area contributed by atoms with Gasteiger partial charge in [0.2, 0.25) is 0 Å². The molecule has 5 nitrogen and oxygen atoms in total. The molecular weight excluding hydrogens is 262 g/mol. The molecule has 1 aliphatic heterocycles. The number of carbonyl (C=O) groups excluding carboxylic acids is 3. The molecule has 0 fully saturated rings. The van der Waals surface area contributed by atoms with Gasteiger partial charge in [0, 0.05) is 0 Å². The van der Waals surface area contributed by atoms with Crippen LogP contribution in [0.2, 0.25) is 0 Å². The van der Waals surface area contributed by atoms with Crippen LogP contribution in [-0.4, -0.2) is 24.8 Å². The molecular formula is C12H6F2O5. The first-order valence-electron chi connectivity index (χ1n) is 5.00. The summed E-state index contributed by atoms with van der Waals surface area (Å²) in [5.74, 6) is -6.17. The van der Waals surface area contributed by atoms with Crippen molar-refractivity contribution in [1.82, 2.24) is 0 Å². The number of methoxy groups -OCH3 is 1. The molecule has 0 saturated heterocycles. The predicted octanol–water partition coefficient (Wildman–Crippen LogP) is 0.975. The van der Waals surface area contributed by atoms with Gasteiger partial charge >= 0.3 is 11.9 Å². The second kappa shape index (κ2) is 4.60. The Morgan fingerprint density at radius 3 is 2.58 bits per heavy atom. The molecule has 0 spiro atoms. The van der Waals surface area contributed by atoms with E-state index in [4.69, 9.17) is 0 Å². The van der Waals surface area contributed by atoms with Gasteiger partial charge in [0.05, 0.1) is 12.7 Å². The first-order chi connectivity index (χ1) is 8.95. The molecule has 19 heavy (non-hydrogen) atoms. The van der Waals surface area contributed by atoms with Crippen molar-refractivity contribution in [2.45, 2.75) is 0 Å². The molecule has 0 bridgehead atoms. The number of esters is 2. The van der Waals surface area contributed by atoms with E-state index in [1.807, 2.05) is 0 Å². The molecule has 0 unspecified atom stereocenters. The maximum Gasteiger partial charge on any atom is 0.385 e. The summed E-state index contributed by atoms with van der Waals surface area (Å²) in [4.78, 5) is 34.0. The van der Waals surface area contributed by atoms with Crippen LogP contribution in [0.1, 0.15) is 5.56 Å². The lowest BCUT2D eigenvalue weighted by molar-refractivity contribution is -0.146. The number of hydrogen-bond donors (Lipinski definition) is 0. The van der Waals surface area contributed by atoms with E-state index in [-0.39, 0.29) is 0 Å². The summed E-state index contributed by atoms with van der Waals surface area (Å²) in [5.41, 5.74) is -1.25. The van der Waals surface area contributed by atoms with E-state index in [9.17, 15) is 23.2 Å². The molecule has 1 aliphatic rings. The molecule has 0 atom stereocenters. The summed E-state index contributed by atoms with van der Waals surface area (Å²) in [6, 6.07) is 2.33. The van der Waals surface area contributed by atoms with E-state index < -0.39 is 46.3 Å². The average molecular weight is 268 g/mol. The van der Waals surface area contributed by atoms with Crippen LogP contribution < -0.4 is 0 Å². The second-order valence-electron chi connectivity index (χ2n) is 3.54. The maximum atomic E-state index is 13.6. The number of hydrogen-bond acceptors (Lipinski definition) is 5. The van der Waals surface area contributed by atoms with Gasteiger partial charge in [0.1, 0.15) is 11.6 Å². The Kier molecular flexibility index (Phi) is 3.12. The highest BCUT2D eigenvalue weighted by Crippen LogP contribution is 2.30. The lowest BCUT2D eigenvalue weighted by Crippen LogP contribution is -2.16. The van der Waals surface area contributed by atoms with Crippen molar-refractivity contribution in [1.29, 1.82) is 0 Å². The third kappa shape index (κ3) is 2.10. The predicted molar refractivity (Wildman–Crippen MR) is 56.4 cm³/mol. The minimum atomic E-state index is -1.35. The van der Waals surface area contributed by atoms with Crippen LogP contribution >= 0.6 is 0 Å². The highest BCUT2D eigenvalue weighted by Gasteiger charge is 2.40. The zero-order valence-corrected chi connectivity index (χ0v) is 9.53. The Morgan fingerprint density at radius 2 is 1.95 bits per heavy atom. The zero-order valence-electron chi connectivity index (χ0n) is 9.53. The van der Waals surface area contributed by atoms with Gasteiger partial charge in [-0.3, -0.25) is 4.79 Å². The van der Waals surface area contributed by atoms with Crippen LogP contribution in [0, 0.1) is 11.6 Å². The Morgan fingerprint density at radius 1 is 1.26 bits per heavy atom. The highest BCUT2D eigenvalue weighted by atomic mass is 19.1. The SMILES string of the molecule is COC(=O)C1=C(c2cc(F)ccc2F)OC(=O)C1=O. The summed E-state index contributed by atoms with van der Waals surface area (Å²) in [6.07, 6.45) is 0. The molecule has 1 heterocycles. The lowest BCUT2D eigenvalue weighted by atomic mass is 10.1. The molecule has 1 aromatic rings. The van der Waals surface area contributed by atoms with Crippen molar-refractivity contribution >= 4 is 23.5 Å². The first-order valence-corrected chi connectivity index (χ1v) is 5.00. The largest absolute Gasteiger partial charge is 0.465 e. The summed E-state index contributed by atoms with van der Waals surface area (Å²) in [5, 5.41) is 0. The van der Waals surface area contributed by atoms with E-state index in [2.05, 4.69) is 9.47 Å². The fourth-order valence-electron chi connectivity index (χ4n) is 1.54. The molecule has 98 valence electrons. The highest BCUT2D eigenvalue weighted by molar-refractivity contribution is 6.51. The van der Waals surface area contributed by atoms with E-state index in [0.29, 0.717) is 6.07 Å². The van der Waals surface area contributed by atoms with Gasteiger partial charge in [0.25, 0.3) is 5.78 Å². The Bertz CT molecular complexity index is 633. The van der Waals surface area contributed by atoms with Gasteiger partial charge in [-0.1, -0.05) is 0 Å². The van der Waals surface area contributed by atoms with Gasteiger partial charge in [-0.25, -0.2) is 18.4 Å². The number of rotatable bonds is 2. The van der Waals surface area contributed by atoms with Gasteiger partial charge in [-0.05, 0) is 18.2 Å². The van der Waals surface area contributed by atoms with Crippen molar-refractivity contribution in [2.75, 3.05) is 7.11 Å². The summed E-state index contributed by atoms with van der Waals surface area (Å²) < 4.78 is 35.5. The van der Waals surface area contributed by atoms with Gasteiger partial charge in [-0.2, -0.15) is 0 Å². The molecule has 0 aromatic heterocycles. The standard InChI is InChI=1S/C12H6F2O5/c1-18-11(16)8-9(15)12(17)19-10(8)6-4-5(13)2-3-7(6)14/h2-4H,1H3. The third-order valence-corrected chi connectivity index (χ3v) is 2.40. The fourth-order valence-corrected chi connectivity index (χ4v) is 1.54. The van der Waals surface area contributed by atoms with E-state index in [0.717, 1.165) is 19.2 Å². The summed E-state index contributed by atoms with van der Waals surface area (Å²) >= 11 is 0. The quantitative estimate of drug-likeness (QED) is 0.454. The topological polar surface area (TPSA) is 69.7 Å². The number of Topliss-reactive ketones (excluding diaryl/α,β-unsaturated/α-hetero) is 1. The zero-order chi connectivity index (χ0) is 14.2. The number of halogens is 2. The van der Waals surface area contributed by atoms with Crippen LogP contribution in [0.5, 0.6) is 0 Å². The van der Waals surface area contributed by atoms with Crippen LogP contribution in [0.15, 0.2) is 23.8 Å². The lowest BCUT2D eigenvalue weighted by Gasteiger charge is -2.05. The van der Waals surface area contributed by atoms with Crippen LogP contribution in [0.3, 0.4) is 0 Å². The molecule has 0 N–H and O–H groups in total. The minimum Gasteiger partial charge on any atom is -0.465 e. The smallest absolute Gasteiger partial charge is 0.385 e. The maximum absolute atomic E-state index is 13.6. The van der Waals surface area contributed by atoms with E-state index >= 15 is 0 Å². The van der Waals surface area contributed by atoms with Gasteiger partial charge < -0.3 is 9.47 Å². The Hall–Kier alpha value is -2.57. The Labute approximate surface area is 105 Å². The summed E-state index contributed by atoms with van der Waals surface area (Å²) in [6.45, 7) is 0. The molecule has 0 amide bonds. The molecule has 1 aromatic carbocycles. The van der Waals surface area contributed by atoms with Crippen molar-refractivity contribution < 1.29 is 32.6 Å². The van der Waals surface area contributed by atoms with Crippen molar-refractivity contribution in [3.05, 3.63) is 41.0 Å². The number of ketones is 1. The van der Waals surface area contributed by atoms with Gasteiger partial charge in [-0.15, -0.1) is 0 Å². The molecule has 0 saturated carbocycles. The minimum absolute atomic E-state index is 0.500. The number of benzene rings is 1. The number of carbonyl (C=O) groups is 3. The van der Waals surface area contributed by atoms with Crippen LogP contribution in [0.4, 0.5) is 8.78 Å². The summed E-state index contributed by atoms with van der Waals surface area (Å²) in [7, 11) is 0.977. The van der Waals surface area contributed by atoms with E-state index in [1.54, 1.807) is 0 Å². The number of ether oxygens (including phenoxy) is 2. The van der Waals surface area contributed by atoms with Gasteiger partial charge in [0.15, 0.2) is 11.3 Å². The van der Waals surface area contributed by atoms with Crippen molar-refractivity contribution in [3.63, 3.8) is 0 Å². The van der Waals surface area contributed by atoms with E-state index in [1.165, 1.54) is 0 Å². The third-order valence-electron chi connectivity index (χ3n) is 2.40. The molecule has 0 aliphatic carbocycles. The second-order valence-corrected chi connectivity index (χ2v) is 3.54. The van der Waals surface area contributed by atoms with Crippen molar-refractivity contribution in [2.24, 2.45) is 0 Å². The molecule has 2 rings (SSSR count). The monoisotopic (exact) mass is 268 g/mol. The first kappa shape index (κ1) is 12.9. The number of cyclic esters (lactones) is 1. The van der Waals surface area contributed by atoms with Crippen LogP contribution in [0.25, 0.3) is 5.76 Å². The van der Waals surface area contributed by atoms with Crippen LogP contribution in [-0.2, 0) is 23.9 Å². The van der Waals surface area contributed by atoms with Crippen molar-refractivity contribution in [3.8, 4) is 0 Å². The average Bonchev–Trinajstić information content (AvgIpc) is 2.68. The molecule has 0 radical (unpaired) electrons. The normalized spacial score (nSPS) is 14.7.